The summed E-state index contributed by atoms with van der Waals surface area (Å²) in [4.78, 5) is 6.47. The van der Waals surface area contributed by atoms with E-state index in [1.807, 2.05) is 59.5 Å². The van der Waals surface area contributed by atoms with Gasteiger partial charge in [-0.2, -0.15) is 0 Å². The van der Waals surface area contributed by atoms with Gasteiger partial charge in [0.25, 0.3) is 0 Å². The Hall–Kier alpha value is -3.42. The predicted octanol–water partition coefficient (Wildman–Crippen LogP) is 2.42. The van der Waals surface area contributed by atoms with Crippen molar-refractivity contribution < 1.29 is 10.2 Å². The summed E-state index contributed by atoms with van der Waals surface area (Å²) in [5.74, 6) is 0. The zero-order valence-corrected chi connectivity index (χ0v) is 16.0. The zero-order valence-electron chi connectivity index (χ0n) is 16.0. The first-order chi connectivity index (χ1) is 14.1. The van der Waals surface area contributed by atoms with E-state index in [0.29, 0.717) is 35.9 Å². The maximum Gasteiger partial charge on any atom is 0.0908 e. The second-order valence-electron chi connectivity index (χ2n) is 6.51. The Kier molecular flexibility index (Phi) is 6.78. The molecule has 3 rings (SSSR count). The predicted molar refractivity (Wildman–Crippen MR) is 118 cm³/mol. The quantitative estimate of drug-likeness (QED) is 0.443. The molecule has 6 N–H and O–H groups in total. The van der Waals surface area contributed by atoms with E-state index in [4.69, 9.17) is 11.1 Å². The summed E-state index contributed by atoms with van der Waals surface area (Å²) in [5.41, 5.74) is 10.5. The van der Waals surface area contributed by atoms with E-state index in [-0.39, 0.29) is 18.9 Å². The molecule has 0 saturated carbocycles. The molecule has 29 heavy (non-hydrogen) atoms. The third-order valence-electron chi connectivity index (χ3n) is 4.42. The molecule has 2 aromatic carbocycles. The number of nitrogens with one attached hydrogen (secondary N) is 2. The Balaban J connectivity index is 1.81. The van der Waals surface area contributed by atoms with Crippen molar-refractivity contribution in [2.24, 2.45) is 10.7 Å². The molecule has 7 nitrogen and oxygen atoms in total. The largest absolute Gasteiger partial charge is 0.397 e. The van der Waals surface area contributed by atoms with Gasteiger partial charge in [-0.3, -0.25) is 5.41 Å². The van der Waals surface area contributed by atoms with Crippen molar-refractivity contribution in [1.82, 2.24) is 0 Å². The van der Waals surface area contributed by atoms with E-state index in [0.717, 1.165) is 11.4 Å². The lowest BCUT2D eigenvalue weighted by Gasteiger charge is -2.23. The van der Waals surface area contributed by atoms with Gasteiger partial charge in [-0.25, -0.2) is 4.99 Å². The number of anilines is 2. The van der Waals surface area contributed by atoms with Crippen molar-refractivity contribution in [3.8, 4) is 0 Å². The molecule has 0 aromatic heterocycles. The van der Waals surface area contributed by atoms with Crippen molar-refractivity contribution in [2.45, 2.75) is 0 Å². The number of para-hydroxylation sites is 1. The van der Waals surface area contributed by atoms with Crippen LogP contribution in [-0.2, 0) is 0 Å². The van der Waals surface area contributed by atoms with Crippen LogP contribution in [0.25, 0.3) is 0 Å². The lowest BCUT2D eigenvalue weighted by molar-refractivity contribution is 0.281. The molecule has 150 valence electrons. The second kappa shape index (κ2) is 9.68. The summed E-state index contributed by atoms with van der Waals surface area (Å²) < 4.78 is 0. The van der Waals surface area contributed by atoms with Crippen molar-refractivity contribution in [1.29, 1.82) is 5.41 Å². The van der Waals surface area contributed by atoms with Crippen LogP contribution in [0.2, 0.25) is 0 Å². The Labute approximate surface area is 170 Å². The maximum atomic E-state index is 9.18. The van der Waals surface area contributed by atoms with Crippen molar-refractivity contribution in [3.05, 3.63) is 78.1 Å². The van der Waals surface area contributed by atoms with Gasteiger partial charge in [0.2, 0.25) is 0 Å². The molecular formula is C22H25N5O2. The van der Waals surface area contributed by atoms with Crippen LogP contribution in [0.3, 0.4) is 0 Å². The minimum Gasteiger partial charge on any atom is -0.397 e. The summed E-state index contributed by atoms with van der Waals surface area (Å²) in [7, 11) is 0. The molecule has 1 aliphatic rings. The van der Waals surface area contributed by atoms with E-state index in [2.05, 4.69) is 10.3 Å². The number of aliphatic imine (C=N–C) groups is 1. The normalized spacial score (nSPS) is 15.1. The van der Waals surface area contributed by atoms with E-state index in [9.17, 15) is 10.2 Å². The van der Waals surface area contributed by atoms with E-state index >= 15 is 0 Å². The molecule has 0 aliphatic heterocycles. The van der Waals surface area contributed by atoms with Crippen molar-refractivity contribution >= 4 is 28.5 Å². The second-order valence-corrected chi connectivity index (χ2v) is 6.51. The average Bonchev–Trinajstić information content (AvgIpc) is 2.73. The van der Waals surface area contributed by atoms with Gasteiger partial charge in [0.05, 0.1) is 41.7 Å². The molecule has 2 aromatic rings. The SMILES string of the molecule is N=C1C=C(N)C(Nc2ccccc2)=CC1=Nc1ccc(N(CCO)CCO)cc1. The zero-order chi connectivity index (χ0) is 20.6. The lowest BCUT2D eigenvalue weighted by Crippen LogP contribution is -2.29. The number of rotatable bonds is 8. The fourth-order valence-corrected chi connectivity index (χ4v) is 2.97. The van der Waals surface area contributed by atoms with Crippen LogP contribution in [0.1, 0.15) is 0 Å². The molecule has 0 unspecified atom stereocenters. The van der Waals surface area contributed by atoms with Gasteiger partial charge in [-0.05, 0) is 48.6 Å². The van der Waals surface area contributed by atoms with Gasteiger partial charge >= 0.3 is 0 Å². The summed E-state index contributed by atoms with van der Waals surface area (Å²) in [5, 5.41) is 29.8. The third-order valence-corrected chi connectivity index (χ3v) is 4.42. The highest BCUT2D eigenvalue weighted by Gasteiger charge is 2.15. The first kappa shape index (κ1) is 20.3. The number of hydrogen-bond donors (Lipinski definition) is 5. The molecule has 0 bridgehead atoms. The van der Waals surface area contributed by atoms with Crippen LogP contribution in [0.4, 0.5) is 17.1 Å². The highest BCUT2D eigenvalue weighted by Crippen LogP contribution is 2.22. The topological polar surface area (TPSA) is 118 Å². The molecule has 0 spiro atoms. The Morgan fingerprint density at radius 2 is 1.59 bits per heavy atom. The molecule has 1 aliphatic carbocycles. The van der Waals surface area contributed by atoms with Gasteiger partial charge in [0.15, 0.2) is 0 Å². The van der Waals surface area contributed by atoms with E-state index in [1.165, 1.54) is 0 Å². The number of benzene rings is 2. The Morgan fingerprint density at radius 3 is 2.21 bits per heavy atom. The molecule has 0 saturated heterocycles. The van der Waals surface area contributed by atoms with Crippen LogP contribution in [-0.4, -0.2) is 47.9 Å². The minimum absolute atomic E-state index is 0.0109. The molecule has 0 radical (unpaired) electrons. The number of nitrogens with zero attached hydrogens (tertiary/aromatic N) is 2. The smallest absolute Gasteiger partial charge is 0.0908 e. The first-order valence-electron chi connectivity index (χ1n) is 9.36. The van der Waals surface area contributed by atoms with Crippen molar-refractivity contribution in [3.63, 3.8) is 0 Å². The average molecular weight is 391 g/mol. The first-order valence-corrected chi connectivity index (χ1v) is 9.36. The van der Waals surface area contributed by atoms with Gasteiger partial charge in [-0.1, -0.05) is 18.2 Å². The number of hydrogen-bond acceptors (Lipinski definition) is 7. The van der Waals surface area contributed by atoms with Crippen LogP contribution >= 0.6 is 0 Å². The van der Waals surface area contributed by atoms with Crippen LogP contribution < -0.4 is 16.0 Å². The maximum absolute atomic E-state index is 9.18. The highest BCUT2D eigenvalue weighted by molar-refractivity contribution is 6.50. The van der Waals surface area contributed by atoms with Crippen molar-refractivity contribution in [2.75, 3.05) is 36.5 Å². The standard InChI is InChI=1S/C22H25N5O2/c23-19-14-20(24)22(15-21(19)25-16-4-2-1-3-5-16)26-17-6-8-18(9-7-17)27(10-12-28)11-13-29/h1-9,14-15,24-25,28-29H,10-13,23H2. The monoisotopic (exact) mass is 391 g/mol. The summed E-state index contributed by atoms with van der Waals surface area (Å²) in [6, 6.07) is 17.1. The fraction of sp³-hybridized carbons (Fsp3) is 0.182. The van der Waals surface area contributed by atoms with Crippen LogP contribution in [0, 0.1) is 5.41 Å². The number of aliphatic hydroxyl groups excluding tert-OH is 2. The van der Waals surface area contributed by atoms with Crippen LogP contribution in [0.15, 0.2) is 83.1 Å². The summed E-state index contributed by atoms with van der Waals surface area (Å²) in [6.07, 6.45) is 3.35. The van der Waals surface area contributed by atoms with Gasteiger partial charge in [0, 0.05) is 24.5 Å². The van der Waals surface area contributed by atoms with Gasteiger partial charge in [0.1, 0.15) is 0 Å². The molecular weight excluding hydrogens is 366 g/mol. The van der Waals surface area contributed by atoms with Crippen LogP contribution in [0.5, 0.6) is 0 Å². The molecule has 0 heterocycles. The number of aliphatic hydroxyl groups is 2. The molecule has 7 heteroatoms. The Morgan fingerprint density at radius 1 is 0.931 bits per heavy atom. The van der Waals surface area contributed by atoms with E-state index < -0.39 is 0 Å². The van der Waals surface area contributed by atoms with Gasteiger partial charge in [-0.15, -0.1) is 0 Å². The lowest BCUT2D eigenvalue weighted by atomic mass is 10.0. The fourth-order valence-electron chi connectivity index (χ4n) is 2.97. The molecule has 0 fully saturated rings. The molecule has 0 amide bonds. The number of nitrogens with two attached hydrogens (primary N) is 1. The van der Waals surface area contributed by atoms with Gasteiger partial charge < -0.3 is 26.2 Å². The van der Waals surface area contributed by atoms with E-state index in [1.54, 1.807) is 12.2 Å². The Bertz CT molecular complexity index is 927. The molecule has 0 atom stereocenters. The number of allylic oxidation sites excluding steroid dienone is 2. The minimum atomic E-state index is 0.0109. The summed E-state index contributed by atoms with van der Waals surface area (Å²) >= 11 is 0. The summed E-state index contributed by atoms with van der Waals surface area (Å²) in [6.45, 7) is 0.911. The third kappa shape index (κ3) is 5.31. The highest BCUT2D eigenvalue weighted by atomic mass is 16.3.